The van der Waals surface area contributed by atoms with Gasteiger partial charge in [-0.15, -0.1) is 0 Å². The number of fused-ring (bicyclic) bond motifs is 6. The molecule has 0 atom stereocenters. The molecule has 0 saturated carbocycles. The Hall–Kier alpha value is -6.12. The fourth-order valence-corrected chi connectivity index (χ4v) is 5.88. The summed E-state index contributed by atoms with van der Waals surface area (Å²) in [6, 6.07) is 65.0. The summed E-state index contributed by atoms with van der Waals surface area (Å²) in [4.78, 5) is 6.76. The van der Waals surface area contributed by atoms with Crippen LogP contribution in [0.25, 0.3) is 55.3 Å². The minimum atomic E-state index is 1.21. The quantitative estimate of drug-likeness (QED) is 0.192. The predicted octanol–water partition coefficient (Wildman–Crippen LogP) is 11.9. The van der Waals surface area contributed by atoms with E-state index in [4.69, 9.17) is 0 Å². The molecule has 0 bridgehead atoms. The smallest absolute Gasteiger partial charge is 0.0464 e. The van der Waals surface area contributed by atoms with Crippen molar-refractivity contribution in [3.63, 3.8) is 0 Å². The number of nitrogens with one attached hydrogen (secondary N) is 2. The molecule has 0 saturated heterocycles. The second-order valence-corrected chi connectivity index (χ2v) is 11.1. The Bertz CT molecular complexity index is 2100. The van der Waals surface area contributed by atoms with Gasteiger partial charge in [-0.1, -0.05) is 164 Å². The van der Waals surface area contributed by atoms with Gasteiger partial charge in [0.2, 0.25) is 0 Å². The zero-order valence-corrected chi connectivity index (χ0v) is 25.5. The maximum absolute atomic E-state index is 3.38. The molecule has 2 N–H and O–H groups in total. The van der Waals surface area contributed by atoms with Crippen molar-refractivity contribution in [3.05, 3.63) is 205 Å². The highest BCUT2D eigenvalue weighted by Gasteiger charge is 2.04. The summed E-state index contributed by atoms with van der Waals surface area (Å²) in [5, 5.41) is 5.22. The average molecular weight is 591 g/mol. The van der Waals surface area contributed by atoms with E-state index in [0.717, 1.165) is 0 Å². The van der Waals surface area contributed by atoms with Gasteiger partial charge in [0.15, 0.2) is 0 Å². The standard InChI is InChI=1S/C20H16.2C12H9N/c1-4-10-17(11-5-1)16-20(18-12-6-2-7-13-18)19-14-8-3-9-15-19;2*1-3-7-11-9(5-1)10-6-2-4-8-12(10)13-11/h1-16H;2*1-8,13H. The highest BCUT2D eigenvalue weighted by molar-refractivity contribution is 6.07. The molecule has 0 fully saturated rings. The van der Waals surface area contributed by atoms with Gasteiger partial charge in [0.05, 0.1) is 0 Å². The number of rotatable bonds is 3. The summed E-state index contributed by atoms with van der Waals surface area (Å²) in [7, 11) is 0. The van der Waals surface area contributed by atoms with Gasteiger partial charge in [0.25, 0.3) is 0 Å². The minimum Gasteiger partial charge on any atom is -0.355 e. The normalized spacial score (nSPS) is 10.6. The van der Waals surface area contributed by atoms with Crippen LogP contribution in [0.5, 0.6) is 0 Å². The summed E-state index contributed by atoms with van der Waals surface area (Å²) in [6.07, 6.45) is 2.24. The first-order valence-electron chi connectivity index (χ1n) is 15.6. The number of hydrogen-bond acceptors (Lipinski definition) is 0. The monoisotopic (exact) mass is 590 g/mol. The van der Waals surface area contributed by atoms with Crippen LogP contribution >= 0.6 is 0 Å². The highest BCUT2D eigenvalue weighted by atomic mass is 14.7. The third-order valence-electron chi connectivity index (χ3n) is 8.11. The molecule has 46 heavy (non-hydrogen) atoms. The van der Waals surface area contributed by atoms with Gasteiger partial charge in [-0.25, -0.2) is 0 Å². The maximum Gasteiger partial charge on any atom is 0.0464 e. The number of benzene rings is 7. The second-order valence-electron chi connectivity index (χ2n) is 11.1. The lowest BCUT2D eigenvalue weighted by Crippen LogP contribution is -1.87. The molecule has 2 aromatic heterocycles. The Balaban J connectivity index is 0.000000114. The van der Waals surface area contributed by atoms with Crippen molar-refractivity contribution in [1.29, 1.82) is 0 Å². The SMILES string of the molecule is C(=C(c1ccccc1)c1ccccc1)c1ccccc1.c1ccc2c(c1)[nH]c1ccccc12.c1ccc2c(c1)[nH]c1ccccc12. The topological polar surface area (TPSA) is 31.6 Å². The number of para-hydroxylation sites is 4. The molecule has 9 aromatic rings. The lowest BCUT2D eigenvalue weighted by Gasteiger charge is -2.08. The number of H-pyrrole nitrogens is 2. The van der Waals surface area contributed by atoms with E-state index in [9.17, 15) is 0 Å². The molecule has 0 aliphatic heterocycles. The van der Waals surface area contributed by atoms with Gasteiger partial charge in [-0.3, -0.25) is 0 Å². The van der Waals surface area contributed by atoms with Gasteiger partial charge in [0, 0.05) is 43.6 Å². The fourth-order valence-electron chi connectivity index (χ4n) is 5.88. The van der Waals surface area contributed by atoms with Gasteiger partial charge in [0.1, 0.15) is 0 Å². The summed E-state index contributed by atoms with van der Waals surface area (Å²) in [5.74, 6) is 0. The third kappa shape index (κ3) is 6.38. The molecule has 220 valence electrons. The summed E-state index contributed by atoms with van der Waals surface area (Å²) in [6.45, 7) is 0. The van der Waals surface area contributed by atoms with Crippen LogP contribution in [-0.2, 0) is 0 Å². The fraction of sp³-hybridized carbons (Fsp3) is 0. The minimum absolute atomic E-state index is 1.21. The molecular weight excluding hydrogens is 556 g/mol. The van der Waals surface area contributed by atoms with Crippen LogP contribution in [0.2, 0.25) is 0 Å². The van der Waals surface area contributed by atoms with Crippen molar-refractivity contribution >= 4 is 55.3 Å². The number of aromatic amines is 2. The lowest BCUT2D eigenvalue weighted by atomic mass is 9.96. The maximum atomic E-state index is 3.38. The van der Waals surface area contributed by atoms with Crippen LogP contribution in [0.3, 0.4) is 0 Å². The van der Waals surface area contributed by atoms with E-state index in [-0.39, 0.29) is 0 Å². The molecule has 0 unspecified atom stereocenters. The zero-order valence-electron chi connectivity index (χ0n) is 25.5. The van der Waals surface area contributed by atoms with Crippen LogP contribution in [0.1, 0.15) is 16.7 Å². The van der Waals surface area contributed by atoms with Crippen LogP contribution < -0.4 is 0 Å². The average Bonchev–Trinajstić information content (AvgIpc) is 3.71. The van der Waals surface area contributed by atoms with Crippen molar-refractivity contribution in [2.75, 3.05) is 0 Å². The summed E-state index contributed by atoms with van der Waals surface area (Å²) >= 11 is 0. The summed E-state index contributed by atoms with van der Waals surface area (Å²) in [5.41, 5.74) is 9.79. The molecule has 2 heterocycles. The lowest BCUT2D eigenvalue weighted by molar-refractivity contribution is 1.55. The number of hydrogen-bond donors (Lipinski definition) is 2. The van der Waals surface area contributed by atoms with Gasteiger partial charge >= 0.3 is 0 Å². The molecule has 0 spiro atoms. The molecule has 7 aromatic carbocycles. The first kappa shape index (κ1) is 28.6. The van der Waals surface area contributed by atoms with E-state index in [1.54, 1.807) is 0 Å². The Kier molecular flexibility index (Phi) is 8.51. The van der Waals surface area contributed by atoms with Crippen molar-refractivity contribution in [2.45, 2.75) is 0 Å². The second kappa shape index (κ2) is 13.7. The van der Waals surface area contributed by atoms with E-state index in [1.165, 1.54) is 65.9 Å². The molecule has 0 aliphatic carbocycles. The molecule has 2 nitrogen and oxygen atoms in total. The molecule has 0 aliphatic rings. The number of aromatic nitrogens is 2. The van der Waals surface area contributed by atoms with Crippen molar-refractivity contribution in [2.24, 2.45) is 0 Å². The van der Waals surface area contributed by atoms with E-state index in [2.05, 4.69) is 198 Å². The van der Waals surface area contributed by atoms with Crippen LogP contribution in [-0.4, -0.2) is 9.97 Å². The van der Waals surface area contributed by atoms with E-state index in [0.29, 0.717) is 0 Å². The van der Waals surface area contributed by atoms with Crippen molar-refractivity contribution in [3.8, 4) is 0 Å². The zero-order chi connectivity index (χ0) is 31.0. The first-order valence-corrected chi connectivity index (χ1v) is 15.6. The van der Waals surface area contributed by atoms with E-state index >= 15 is 0 Å². The highest BCUT2D eigenvalue weighted by Crippen LogP contribution is 2.27. The Morgan fingerprint density at radius 2 is 0.587 bits per heavy atom. The Labute approximate surface area is 269 Å². The van der Waals surface area contributed by atoms with Crippen LogP contribution in [0.4, 0.5) is 0 Å². The van der Waals surface area contributed by atoms with E-state index in [1.807, 2.05) is 6.07 Å². The van der Waals surface area contributed by atoms with Crippen LogP contribution in [0, 0.1) is 0 Å². The predicted molar refractivity (Wildman–Crippen MR) is 198 cm³/mol. The third-order valence-corrected chi connectivity index (χ3v) is 8.11. The van der Waals surface area contributed by atoms with E-state index < -0.39 is 0 Å². The van der Waals surface area contributed by atoms with Gasteiger partial charge < -0.3 is 9.97 Å². The van der Waals surface area contributed by atoms with Crippen molar-refractivity contribution < 1.29 is 0 Å². The molecule has 2 heteroatoms. The molecular formula is C44H34N2. The van der Waals surface area contributed by atoms with Gasteiger partial charge in [-0.05, 0) is 52.6 Å². The Morgan fingerprint density at radius 1 is 0.304 bits per heavy atom. The molecule has 0 amide bonds. The largest absolute Gasteiger partial charge is 0.355 e. The van der Waals surface area contributed by atoms with Crippen LogP contribution in [0.15, 0.2) is 188 Å². The first-order chi connectivity index (χ1) is 22.8. The van der Waals surface area contributed by atoms with Gasteiger partial charge in [-0.2, -0.15) is 0 Å². The Morgan fingerprint density at radius 3 is 0.935 bits per heavy atom. The van der Waals surface area contributed by atoms with Crippen molar-refractivity contribution in [1.82, 2.24) is 9.97 Å². The summed E-state index contributed by atoms with van der Waals surface area (Å²) < 4.78 is 0. The molecule has 0 radical (unpaired) electrons. The molecule has 9 rings (SSSR count).